The second-order valence-electron chi connectivity index (χ2n) is 8.21. The first-order valence-corrected chi connectivity index (χ1v) is 11.1. The van der Waals surface area contributed by atoms with Crippen molar-refractivity contribution in [2.45, 2.75) is 12.0 Å². The molecule has 1 heterocycles. The minimum atomic E-state index is -0.965. The third kappa shape index (κ3) is 4.28. The molecule has 0 aromatic heterocycles. The molecule has 0 unspecified atom stereocenters. The Hall–Kier alpha value is -4.27. The summed E-state index contributed by atoms with van der Waals surface area (Å²) in [6, 6.07) is 13.3. The predicted octanol–water partition coefficient (Wildman–Crippen LogP) is 4.41. The lowest BCUT2D eigenvalue weighted by atomic mass is 9.79. The second-order valence-corrected chi connectivity index (χ2v) is 8.21. The monoisotopic (exact) mass is 494 g/mol. The molecular formula is C27H27FN2O6. The van der Waals surface area contributed by atoms with Crippen molar-refractivity contribution in [2.75, 3.05) is 40.8 Å². The number of amides is 2. The number of methoxy groups -OCH3 is 4. The highest BCUT2D eigenvalue weighted by Crippen LogP contribution is 2.46. The summed E-state index contributed by atoms with van der Waals surface area (Å²) in [4.78, 5) is 28.7. The van der Waals surface area contributed by atoms with E-state index in [4.69, 9.17) is 18.9 Å². The van der Waals surface area contributed by atoms with Crippen LogP contribution in [-0.4, -0.2) is 52.2 Å². The summed E-state index contributed by atoms with van der Waals surface area (Å²) in [5, 5.41) is 2.89. The number of carbonyl (C=O) groups is 2. The van der Waals surface area contributed by atoms with Crippen LogP contribution in [0.4, 0.5) is 10.1 Å². The highest BCUT2D eigenvalue weighted by molar-refractivity contribution is 6.05. The molecule has 0 aliphatic carbocycles. The summed E-state index contributed by atoms with van der Waals surface area (Å²) >= 11 is 0. The van der Waals surface area contributed by atoms with E-state index in [1.54, 1.807) is 55.6 Å². The van der Waals surface area contributed by atoms with Gasteiger partial charge in [0.1, 0.15) is 5.82 Å². The molecule has 9 heteroatoms. The van der Waals surface area contributed by atoms with Crippen LogP contribution in [0.3, 0.4) is 0 Å². The molecule has 3 aromatic carbocycles. The Morgan fingerprint density at radius 1 is 0.833 bits per heavy atom. The predicted molar refractivity (Wildman–Crippen MR) is 132 cm³/mol. The van der Waals surface area contributed by atoms with Crippen molar-refractivity contribution in [3.8, 4) is 23.0 Å². The average Bonchev–Trinajstić information content (AvgIpc) is 2.90. The van der Waals surface area contributed by atoms with Crippen LogP contribution < -0.4 is 24.3 Å². The van der Waals surface area contributed by atoms with Crippen molar-refractivity contribution in [1.29, 1.82) is 0 Å². The second kappa shape index (κ2) is 10.2. The third-order valence-corrected chi connectivity index (χ3v) is 6.33. The maximum absolute atomic E-state index is 15.0. The molecule has 3 aromatic rings. The van der Waals surface area contributed by atoms with Crippen LogP contribution in [0.1, 0.15) is 33.4 Å². The van der Waals surface area contributed by atoms with Gasteiger partial charge in [0.2, 0.25) is 5.91 Å². The van der Waals surface area contributed by atoms with Crippen molar-refractivity contribution >= 4 is 17.5 Å². The molecule has 1 aliphatic rings. The SMILES string of the molecule is COc1ccc(NC(=O)[C@H]2c3cc(OC)c(OC)cc3C(=O)N(C)[C@@H]2c2ccccc2F)cc1OC. The van der Waals surface area contributed by atoms with E-state index in [9.17, 15) is 9.59 Å². The number of nitrogens with zero attached hydrogens (tertiary/aromatic N) is 1. The van der Waals surface area contributed by atoms with E-state index in [-0.39, 0.29) is 17.0 Å². The highest BCUT2D eigenvalue weighted by Gasteiger charge is 2.44. The van der Waals surface area contributed by atoms with Gasteiger partial charge in [-0.05, 0) is 35.9 Å². The summed E-state index contributed by atoms with van der Waals surface area (Å²) in [6.45, 7) is 0. The van der Waals surface area contributed by atoms with Crippen LogP contribution in [0.15, 0.2) is 54.6 Å². The molecule has 1 N–H and O–H groups in total. The van der Waals surface area contributed by atoms with Gasteiger partial charge in [0.25, 0.3) is 5.91 Å². The number of nitrogens with one attached hydrogen (secondary N) is 1. The maximum atomic E-state index is 15.0. The number of fused-ring (bicyclic) bond motifs is 1. The fourth-order valence-corrected chi connectivity index (χ4v) is 4.57. The van der Waals surface area contributed by atoms with Crippen molar-refractivity contribution in [1.82, 2.24) is 4.90 Å². The minimum Gasteiger partial charge on any atom is -0.493 e. The van der Waals surface area contributed by atoms with Gasteiger partial charge in [0.05, 0.1) is 40.4 Å². The molecule has 1 aliphatic heterocycles. The van der Waals surface area contributed by atoms with Gasteiger partial charge in [-0.3, -0.25) is 9.59 Å². The zero-order valence-corrected chi connectivity index (χ0v) is 20.6. The van der Waals surface area contributed by atoms with Gasteiger partial charge >= 0.3 is 0 Å². The van der Waals surface area contributed by atoms with E-state index in [0.29, 0.717) is 34.2 Å². The number of benzene rings is 3. The molecule has 0 radical (unpaired) electrons. The van der Waals surface area contributed by atoms with Crippen molar-refractivity contribution in [3.63, 3.8) is 0 Å². The van der Waals surface area contributed by atoms with Crippen LogP contribution in [0, 0.1) is 5.82 Å². The molecule has 2 amide bonds. The molecular weight excluding hydrogens is 467 g/mol. The number of hydrogen-bond acceptors (Lipinski definition) is 6. The molecule has 188 valence electrons. The average molecular weight is 495 g/mol. The Balaban J connectivity index is 1.87. The lowest BCUT2D eigenvalue weighted by Gasteiger charge is -2.40. The molecule has 4 rings (SSSR count). The van der Waals surface area contributed by atoms with Gasteiger partial charge in [-0.25, -0.2) is 4.39 Å². The topological polar surface area (TPSA) is 86.3 Å². The summed E-state index contributed by atoms with van der Waals surface area (Å²) < 4.78 is 36.4. The van der Waals surface area contributed by atoms with Gasteiger partial charge in [0, 0.05) is 29.9 Å². The highest BCUT2D eigenvalue weighted by atomic mass is 19.1. The number of anilines is 1. The summed E-state index contributed by atoms with van der Waals surface area (Å²) in [6.07, 6.45) is 0. The lowest BCUT2D eigenvalue weighted by Crippen LogP contribution is -2.44. The number of likely N-dealkylation sites (N-methyl/N-ethyl adjacent to an activating group) is 1. The van der Waals surface area contributed by atoms with E-state index in [1.807, 2.05) is 0 Å². The quantitative estimate of drug-likeness (QED) is 0.524. The number of carbonyl (C=O) groups excluding carboxylic acids is 2. The van der Waals surface area contributed by atoms with Crippen LogP contribution in [0.2, 0.25) is 0 Å². The molecule has 0 saturated carbocycles. The Bertz CT molecular complexity index is 1310. The van der Waals surface area contributed by atoms with Crippen molar-refractivity contribution < 1.29 is 32.9 Å². The smallest absolute Gasteiger partial charge is 0.254 e. The van der Waals surface area contributed by atoms with Gasteiger partial charge in [0.15, 0.2) is 23.0 Å². The Labute approximate surface area is 208 Å². The molecule has 0 fully saturated rings. The minimum absolute atomic E-state index is 0.223. The van der Waals surface area contributed by atoms with Crippen molar-refractivity contribution in [3.05, 3.63) is 77.1 Å². The lowest BCUT2D eigenvalue weighted by molar-refractivity contribution is -0.119. The van der Waals surface area contributed by atoms with E-state index in [1.165, 1.54) is 39.4 Å². The first kappa shape index (κ1) is 24.8. The van der Waals surface area contributed by atoms with Crippen LogP contribution in [0.5, 0.6) is 23.0 Å². The molecule has 36 heavy (non-hydrogen) atoms. The van der Waals surface area contributed by atoms with Gasteiger partial charge < -0.3 is 29.2 Å². The zero-order chi connectivity index (χ0) is 26.0. The molecule has 2 atom stereocenters. The molecule has 0 spiro atoms. The van der Waals surface area contributed by atoms with E-state index in [2.05, 4.69) is 5.32 Å². The van der Waals surface area contributed by atoms with Crippen LogP contribution in [-0.2, 0) is 4.79 Å². The van der Waals surface area contributed by atoms with E-state index < -0.39 is 23.7 Å². The number of halogens is 1. The maximum Gasteiger partial charge on any atom is 0.254 e. The number of rotatable bonds is 7. The molecule has 8 nitrogen and oxygen atoms in total. The number of hydrogen-bond donors (Lipinski definition) is 1. The van der Waals surface area contributed by atoms with Crippen molar-refractivity contribution in [2.24, 2.45) is 0 Å². The largest absolute Gasteiger partial charge is 0.493 e. The van der Waals surface area contributed by atoms with E-state index in [0.717, 1.165) is 0 Å². The summed E-state index contributed by atoms with van der Waals surface area (Å²) in [5.41, 5.74) is 1.35. The third-order valence-electron chi connectivity index (χ3n) is 6.33. The Morgan fingerprint density at radius 2 is 1.44 bits per heavy atom. The Kier molecular flexibility index (Phi) is 7.00. The fourth-order valence-electron chi connectivity index (χ4n) is 4.57. The number of ether oxygens (including phenoxy) is 4. The Morgan fingerprint density at radius 3 is 2.08 bits per heavy atom. The van der Waals surface area contributed by atoms with Gasteiger partial charge in [-0.15, -0.1) is 0 Å². The van der Waals surface area contributed by atoms with Crippen LogP contribution in [0.25, 0.3) is 0 Å². The normalized spacial score (nSPS) is 16.7. The summed E-state index contributed by atoms with van der Waals surface area (Å²) in [7, 11) is 7.49. The standard InChI is InChI=1S/C27H27FN2O6/c1-30-25(16-8-6-7-9-19(16)28)24(17-13-22(35-4)23(36-5)14-18(17)27(30)32)26(31)29-15-10-11-20(33-2)21(12-15)34-3/h6-14,24-25H,1-5H3,(H,29,31)/t24-,25+/m0/s1. The first-order chi connectivity index (χ1) is 17.3. The summed E-state index contributed by atoms with van der Waals surface area (Å²) in [5.74, 6) is -0.653. The molecule has 0 saturated heterocycles. The van der Waals surface area contributed by atoms with Gasteiger partial charge in [-0.1, -0.05) is 18.2 Å². The molecule has 0 bridgehead atoms. The van der Waals surface area contributed by atoms with E-state index >= 15 is 4.39 Å². The first-order valence-electron chi connectivity index (χ1n) is 11.1. The van der Waals surface area contributed by atoms with Gasteiger partial charge in [-0.2, -0.15) is 0 Å². The van der Waals surface area contributed by atoms with Crippen LogP contribution >= 0.6 is 0 Å². The zero-order valence-electron chi connectivity index (χ0n) is 20.6. The fraction of sp³-hybridized carbons (Fsp3) is 0.259.